The van der Waals surface area contributed by atoms with E-state index in [-0.39, 0.29) is 11.8 Å². The largest absolute Gasteiger partial charge is 0.406 e. The molecule has 2 rings (SSSR count). The average molecular weight is 301 g/mol. The molecule has 5 nitrogen and oxygen atoms in total. The molecule has 0 aliphatic heterocycles. The summed E-state index contributed by atoms with van der Waals surface area (Å²) in [6, 6.07) is 4.55. The van der Waals surface area contributed by atoms with Crippen molar-refractivity contribution in [3.05, 3.63) is 34.4 Å². The zero-order chi connectivity index (χ0) is 12.3. The highest BCUT2D eigenvalue weighted by Crippen LogP contribution is 2.25. The quantitative estimate of drug-likeness (QED) is 0.908. The average Bonchev–Trinajstić information content (AvgIpc) is 2.71. The number of benzene rings is 1. The number of hydrogen-bond acceptors (Lipinski definition) is 5. The third-order valence-electron chi connectivity index (χ3n) is 1.97. The maximum atomic E-state index is 12.9. The second-order valence-corrected chi connectivity index (χ2v) is 4.13. The predicted octanol–water partition coefficient (Wildman–Crippen LogP) is 2.43. The Morgan fingerprint density at radius 2 is 2.24 bits per heavy atom. The third kappa shape index (κ3) is 3.01. The SMILES string of the molecule is CNCc1nnc(Nc2ccc(F)cc2Br)o1. The second kappa shape index (κ2) is 5.24. The van der Waals surface area contributed by atoms with Gasteiger partial charge in [-0.15, -0.1) is 5.10 Å². The summed E-state index contributed by atoms with van der Waals surface area (Å²) in [4.78, 5) is 0. The molecule has 17 heavy (non-hydrogen) atoms. The Bertz CT molecular complexity index is 517. The van der Waals surface area contributed by atoms with E-state index in [1.165, 1.54) is 12.1 Å². The van der Waals surface area contributed by atoms with E-state index >= 15 is 0 Å². The minimum absolute atomic E-state index is 0.266. The van der Waals surface area contributed by atoms with Crippen LogP contribution in [0.3, 0.4) is 0 Å². The van der Waals surface area contributed by atoms with Gasteiger partial charge in [0.25, 0.3) is 0 Å². The van der Waals surface area contributed by atoms with Crippen molar-refractivity contribution in [1.29, 1.82) is 0 Å². The molecule has 0 radical (unpaired) electrons. The van der Waals surface area contributed by atoms with Gasteiger partial charge in [0.15, 0.2) is 0 Å². The second-order valence-electron chi connectivity index (χ2n) is 3.28. The van der Waals surface area contributed by atoms with Crippen LogP contribution in [0, 0.1) is 5.82 Å². The van der Waals surface area contributed by atoms with Crippen LogP contribution in [0.15, 0.2) is 27.1 Å². The fourth-order valence-electron chi connectivity index (χ4n) is 1.23. The highest BCUT2D eigenvalue weighted by atomic mass is 79.9. The summed E-state index contributed by atoms with van der Waals surface area (Å²) >= 11 is 3.24. The van der Waals surface area contributed by atoms with Gasteiger partial charge < -0.3 is 15.1 Å². The van der Waals surface area contributed by atoms with Crippen LogP contribution in [0.25, 0.3) is 0 Å². The lowest BCUT2D eigenvalue weighted by Gasteiger charge is -2.03. The molecule has 2 N–H and O–H groups in total. The van der Waals surface area contributed by atoms with Crippen LogP contribution < -0.4 is 10.6 Å². The molecule has 90 valence electrons. The van der Waals surface area contributed by atoms with Gasteiger partial charge in [0.1, 0.15) is 5.82 Å². The summed E-state index contributed by atoms with van der Waals surface area (Å²) in [5.74, 6) is 0.164. The zero-order valence-electron chi connectivity index (χ0n) is 9.00. The van der Waals surface area contributed by atoms with E-state index in [4.69, 9.17) is 4.42 Å². The molecule has 1 heterocycles. The molecule has 0 bridgehead atoms. The van der Waals surface area contributed by atoms with Crippen LogP contribution in [0.2, 0.25) is 0 Å². The number of nitrogens with one attached hydrogen (secondary N) is 2. The van der Waals surface area contributed by atoms with Crippen molar-refractivity contribution in [2.75, 3.05) is 12.4 Å². The molecule has 0 amide bonds. The van der Waals surface area contributed by atoms with Crippen LogP contribution in [-0.4, -0.2) is 17.2 Å². The maximum Gasteiger partial charge on any atom is 0.320 e. The van der Waals surface area contributed by atoms with E-state index in [9.17, 15) is 4.39 Å². The highest BCUT2D eigenvalue weighted by molar-refractivity contribution is 9.10. The van der Waals surface area contributed by atoms with Gasteiger partial charge >= 0.3 is 6.01 Å². The van der Waals surface area contributed by atoms with Crippen LogP contribution in [0.4, 0.5) is 16.1 Å². The summed E-state index contributed by atoms with van der Waals surface area (Å²) in [7, 11) is 1.79. The summed E-state index contributed by atoms with van der Waals surface area (Å²) in [6.07, 6.45) is 0. The normalized spacial score (nSPS) is 10.5. The summed E-state index contributed by atoms with van der Waals surface area (Å²) in [5, 5.41) is 13.4. The Kier molecular flexibility index (Phi) is 3.70. The van der Waals surface area contributed by atoms with Crippen molar-refractivity contribution in [3.8, 4) is 0 Å². The van der Waals surface area contributed by atoms with E-state index in [0.717, 1.165) is 0 Å². The van der Waals surface area contributed by atoms with Gasteiger partial charge in [0, 0.05) is 4.47 Å². The molecular weight excluding hydrogens is 291 g/mol. The molecule has 7 heteroatoms. The van der Waals surface area contributed by atoms with E-state index < -0.39 is 0 Å². The Hall–Kier alpha value is -1.47. The summed E-state index contributed by atoms with van der Waals surface area (Å²) in [5.41, 5.74) is 0.658. The Balaban J connectivity index is 2.13. The van der Waals surface area contributed by atoms with Gasteiger partial charge in [-0.1, -0.05) is 5.10 Å². The van der Waals surface area contributed by atoms with Gasteiger partial charge in [-0.3, -0.25) is 0 Å². The monoisotopic (exact) mass is 300 g/mol. The smallest absolute Gasteiger partial charge is 0.320 e. The molecule has 1 aromatic heterocycles. The molecule has 0 fully saturated rings. The molecule has 0 atom stereocenters. The molecule has 0 saturated carbocycles. The number of nitrogens with zero attached hydrogens (tertiary/aromatic N) is 2. The zero-order valence-corrected chi connectivity index (χ0v) is 10.6. The number of hydrogen-bond donors (Lipinski definition) is 2. The molecular formula is C10H10BrFN4O. The minimum Gasteiger partial charge on any atom is -0.406 e. The Morgan fingerprint density at radius 3 is 2.94 bits per heavy atom. The molecule has 0 saturated heterocycles. The minimum atomic E-state index is -0.316. The fourth-order valence-corrected chi connectivity index (χ4v) is 1.68. The van der Waals surface area contributed by atoms with Gasteiger partial charge in [0.2, 0.25) is 5.89 Å². The first-order valence-corrected chi connectivity index (χ1v) is 5.67. The predicted molar refractivity (Wildman–Crippen MR) is 64.4 cm³/mol. The first kappa shape index (κ1) is 12.0. The van der Waals surface area contributed by atoms with E-state index in [2.05, 4.69) is 36.8 Å². The van der Waals surface area contributed by atoms with Crippen molar-refractivity contribution in [3.63, 3.8) is 0 Å². The van der Waals surface area contributed by atoms with E-state index in [1.807, 2.05) is 0 Å². The van der Waals surface area contributed by atoms with Crippen LogP contribution in [0.5, 0.6) is 0 Å². The molecule has 0 aliphatic carbocycles. The number of anilines is 2. The Labute approximate surface area is 106 Å². The van der Waals surface area contributed by atoms with Crippen LogP contribution in [-0.2, 0) is 6.54 Å². The molecule has 0 aliphatic rings. The first-order valence-electron chi connectivity index (χ1n) is 4.88. The third-order valence-corrected chi connectivity index (χ3v) is 2.62. The van der Waals surface area contributed by atoms with Crippen LogP contribution >= 0.6 is 15.9 Å². The van der Waals surface area contributed by atoms with Gasteiger partial charge in [-0.25, -0.2) is 4.39 Å². The molecule has 0 spiro atoms. The van der Waals surface area contributed by atoms with Crippen molar-refractivity contribution in [1.82, 2.24) is 15.5 Å². The lowest BCUT2D eigenvalue weighted by atomic mass is 10.3. The lowest BCUT2D eigenvalue weighted by Crippen LogP contribution is -2.04. The number of aromatic nitrogens is 2. The Morgan fingerprint density at radius 1 is 1.41 bits per heavy atom. The fraction of sp³-hybridized carbons (Fsp3) is 0.200. The number of rotatable bonds is 4. The van der Waals surface area contributed by atoms with Crippen molar-refractivity contribution < 1.29 is 8.81 Å². The topological polar surface area (TPSA) is 63.0 Å². The lowest BCUT2D eigenvalue weighted by molar-refractivity contribution is 0.493. The molecule has 0 unspecified atom stereocenters. The first-order chi connectivity index (χ1) is 8.19. The highest BCUT2D eigenvalue weighted by Gasteiger charge is 2.07. The van der Waals surface area contributed by atoms with Gasteiger partial charge in [0.05, 0.1) is 12.2 Å². The maximum absolute atomic E-state index is 12.9. The standard InChI is InChI=1S/C10H10BrFN4O/c1-13-5-9-15-16-10(17-9)14-8-3-2-6(12)4-7(8)11/h2-4,13H,5H2,1H3,(H,14,16). The molecule has 2 aromatic rings. The van der Waals surface area contributed by atoms with Crippen molar-refractivity contribution in [2.24, 2.45) is 0 Å². The summed E-state index contributed by atoms with van der Waals surface area (Å²) < 4.78 is 18.8. The van der Waals surface area contributed by atoms with E-state index in [1.54, 1.807) is 13.1 Å². The number of halogens is 2. The van der Waals surface area contributed by atoms with Crippen molar-refractivity contribution >= 4 is 27.6 Å². The van der Waals surface area contributed by atoms with E-state index in [0.29, 0.717) is 22.6 Å². The molecule has 1 aromatic carbocycles. The van der Waals surface area contributed by atoms with Crippen LogP contribution in [0.1, 0.15) is 5.89 Å². The summed E-state index contributed by atoms with van der Waals surface area (Å²) in [6.45, 7) is 0.499. The van der Waals surface area contributed by atoms with Gasteiger partial charge in [-0.2, -0.15) is 0 Å². The van der Waals surface area contributed by atoms with Crippen molar-refractivity contribution in [2.45, 2.75) is 6.54 Å². The van der Waals surface area contributed by atoms with Gasteiger partial charge in [-0.05, 0) is 41.2 Å².